The molecule has 0 aromatic heterocycles. The molecule has 1 unspecified atom stereocenters. The molecule has 0 heterocycles. The lowest BCUT2D eigenvalue weighted by molar-refractivity contribution is -0.0165. The van der Waals surface area contributed by atoms with Gasteiger partial charge in [-0.2, -0.15) is 0 Å². The van der Waals surface area contributed by atoms with Crippen LogP contribution in [-0.4, -0.2) is 33.0 Å². The predicted molar refractivity (Wildman–Crippen MR) is 81.7 cm³/mol. The second-order valence-corrected chi connectivity index (χ2v) is 5.73. The fraction of sp³-hybridized carbons (Fsp3) is 0.625. The lowest BCUT2D eigenvalue weighted by atomic mass is 10.1. The second-order valence-electron chi connectivity index (χ2n) is 5.73. The molecule has 0 saturated carbocycles. The van der Waals surface area contributed by atoms with Crippen LogP contribution in [0.1, 0.15) is 39.3 Å². The van der Waals surface area contributed by atoms with Gasteiger partial charge in [-0.3, -0.25) is 0 Å². The van der Waals surface area contributed by atoms with Crippen LogP contribution in [-0.2, 0) is 4.74 Å². The van der Waals surface area contributed by atoms with Gasteiger partial charge in [-0.25, -0.2) is 0 Å². The zero-order chi connectivity index (χ0) is 15.2. The minimum Gasteiger partial charge on any atom is -0.493 e. The molecule has 0 aliphatic carbocycles. The average molecular weight is 281 g/mol. The van der Waals surface area contributed by atoms with Gasteiger partial charge in [-0.15, -0.1) is 0 Å². The van der Waals surface area contributed by atoms with Crippen molar-refractivity contribution in [1.82, 2.24) is 5.32 Å². The zero-order valence-electron chi connectivity index (χ0n) is 13.4. The third kappa shape index (κ3) is 5.39. The molecule has 1 atom stereocenters. The summed E-state index contributed by atoms with van der Waals surface area (Å²) in [6, 6.07) is 6.27. The van der Waals surface area contributed by atoms with Gasteiger partial charge in [0, 0.05) is 6.04 Å². The molecule has 0 fully saturated rings. The summed E-state index contributed by atoms with van der Waals surface area (Å²) in [5.74, 6) is 1.50. The summed E-state index contributed by atoms with van der Waals surface area (Å²) in [6.45, 7) is 9.26. The van der Waals surface area contributed by atoms with Crippen LogP contribution < -0.4 is 14.8 Å². The fourth-order valence-corrected chi connectivity index (χ4v) is 1.74. The summed E-state index contributed by atoms with van der Waals surface area (Å²) in [7, 11) is 3.59. The van der Waals surface area contributed by atoms with Gasteiger partial charge in [0.25, 0.3) is 0 Å². The van der Waals surface area contributed by atoms with E-state index in [4.69, 9.17) is 14.2 Å². The number of hydrogen-bond donors (Lipinski definition) is 1. The van der Waals surface area contributed by atoms with Crippen LogP contribution in [0.25, 0.3) is 0 Å². The molecule has 114 valence electrons. The van der Waals surface area contributed by atoms with Gasteiger partial charge in [0.05, 0.1) is 19.3 Å². The number of ether oxygens (including phenoxy) is 3. The highest BCUT2D eigenvalue weighted by molar-refractivity contribution is 5.43. The molecule has 4 heteroatoms. The van der Waals surface area contributed by atoms with Gasteiger partial charge in [0.15, 0.2) is 11.5 Å². The first-order valence-corrected chi connectivity index (χ1v) is 6.99. The monoisotopic (exact) mass is 281 g/mol. The Labute approximate surface area is 122 Å². The Morgan fingerprint density at radius 3 is 2.40 bits per heavy atom. The van der Waals surface area contributed by atoms with Crippen LogP contribution in [0, 0.1) is 0 Å². The summed E-state index contributed by atoms with van der Waals surface area (Å²) in [5.41, 5.74) is 1.03. The van der Waals surface area contributed by atoms with Crippen molar-refractivity contribution in [2.24, 2.45) is 0 Å². The average Bonchev–Trinajstić information content (AvgIpc) is 2.41. The third-order valence-electron chi connectivity index (χ3n) is 3.00. The van der Waals surface area contributed by atoms with E-state index in [1.807, 2.05) is 46.0 Å². The number of benzene rings is 1. The molecule has 0 radical (unpaired) electrons. The Morgan fingerprint density at radius 1 is 1.15 bits per heavy atom. The number of rotatable bonds is 7. The van der Waals surface area contributed by atoms with Crippen LogP contribution in [0.5, 0.6) is 11.5 Å². The Balaban J connectivity index is 2.62. The van der Waals surface area contributed by atoms with Crippen LogP contribution in [0.15, 0.2) is 18.2 Å². The Hall–Kier alpha value is -1.26. The SMILES string of the molecule is CNC(C)c1ccc(OCCOC(C)(C)C)c(OC)c1. The van der Waals surface area contributed by atoms with Gasteiger partial charge in [0.1, 0.15) is 6.61 Å². The van der Waals surface area contributed by atoms with E-state index >= 15 is 0 Å². The van der Waals surface area contributed by atoms with E-state index in [1.165, 1.54) is 5.56 Å². The Morgan fingerprint density at radius 2 is 1.85 bits per heavy atom. The van der Waals surface area contributed by atoms with Gasteiger partial charge < -0.3 is 19.5 Å². The minimum absolute atomic E-state index is 0.139. The maximum Gasteiger partial charge on any atom is 0.161 e. The highest BCUT2D eigenvalue weighted by Gasteiger charge is 2.11. The molecule has 0 amide bonds. The largest absolute Gasteiger partial charge is 0.493 e. The topological polar surface area (TPSA) is 39.7 Å². The first-order valence-electron chi connectivity index (χ1n) is 6.99. The summed E-state index contributed by atoms with van der Waals surface area (Å²) in [4.78, 5) is 0. The van der Waals surface area contributed by atoms with Crippen LogP contribution in [0.3, 0.4) is 0 Å². The highest BCUT2D eigenvalue weighted by atomic mass is 16.5. The summed E-state index contributed by atoms with van der Waals surface area (Å²) >= 11 is 0. The van der Waals surface area contributed by atoms with Crippen LogP contribution in [0.4, 0.5) is 0 Å². The fourth-order valence-electron chi connectivity index (χ4n) is 1.74. The van der Waals surface area contributed by atoms with Crippen LogP contribution in [0.2, 0.25) is 0 Å². The van der Waals surface area contributed by atoms with Gasteiger partial charge in [0.2, 0.25) is 0 Å². The maximum absolute atomic E-state index is 5.72. The standard InChI is InChI=1S/C16H27NO3/c1-12(17-5)13-7-8-14(15(11-13)18-6)19-9-10-20-16(2,3)4/h7-8,11-12,17H,9-10H2,1-6H3. The Kier molecular flexibility index (Phi) is 6.30. The van der Waals surface area contributed by atoms with Crippen molar-refractivity contribution in [3.05, 3.63) is 23.8 Å². The van der Waals surface area contributed by atoms with E-state index in [0.717, 1.165) is 11.5 Å². The first kappa shape index (κ1) is 16.8. The molecule has 4 nitrogen and oxygen atoms in total. The van der Waals surface area contributed by atoms with E-state index in [0.29, 0.717) is 13.2 Å². The second kappa shape index (κ2) is 7.50. The van der Waals surface area contributed by atoms with Crippen molar-refractivity contribution >= 4 is 0 Å². The van der Waals surface area contributed by atoms with E-state index in [1.54, 1.807) is 7.11 Å². The molecule has 1 aromatic rings. The molecular formula is C16H27NO3. The first-order chi connectivity index (χ1) is 9.37. The molecule has 0 spiro atoms. The number of methoxy groups -OCH3 is 1. The molecule has 0 aliphatic heterocycles. The number of hydrogen-bond acceptors (Lipinski definition) is 4. The molecular weight excluding hydrogens is 254 g/mol. The summed E-state index contributed by atoms with van der Waals surface area (Å²) in [5, 5.41) is 3.20. The Bertz CT molecular complexity index is 413. The van der Waals surface area contributed by atoms with Crippen molar-refractivity contribution < 1.29 is 14.2 Å². The molecule has 0 aliphatic rings. The lowest BCUT2D eigenvalue weighted by Crippen LogP contribution is -2.22. The van der Waals surface area contributed by atoms with Crippen molar-refractivity contribution in [3.8, 4) is 11.5 Å². The highest BCUT2D eigenvalue weighted by Crippen LogP contribution is 2.30. The minimum atomic E-state index is -0.139. The zero-order valence-corrected chi connectivity index (χ0v) is 13.4. The normalized spacial score (nSPS) is 13.1. The molecule has 0 bridgehead atoms. The summed E-state index contributed by atoms with van der Waals surface area (Å²) < 4.78 is 16.7. The summed E-state index contributed by atoms with van der Waals surface area (Å²) in [6.07, 6.45) is 0. The van der Waals surface area contributed by atoms with Gasteiger partial charge in [-0.05, 0) is 52.4 Å². The molecule has 1 aromatic carbocycles. The molecule has 1 N–H and O–H groups in total. The van der Waals surface area contributed by atoms with E-state index in [9.17, 15) is 0 Å². The van der Waals surface area contributed by atoms with Crippen molar-refractivity contribution in [1.29, 1.82) is 0 Å². The van der Waals surface area contributed by atoms with E-state index in [-0.39, 0.29) is 11.6 Å². The molecule has 0 saturated heterocycles. The van der Waals surface area contributed by atoms with Crippen molar-refractivity contribution in [2.45, 2.75) is 39.3 Å². The quantitative estimate of drug-likeness (QED) is 0.779. The number of nitrogens with one attached hydrogen (secondary N) is 1. The van der Waals surface area contributed by atoms with Crippen LogP contribution >= 0.6 is 0 Å². The molecule has 1 rings (SSSR count). The van der Waals surface area contributed by atoms with Crippen molar-refractivity contribution in [3.63, 3.8) is 0 Å². The lowest BCUT2D eigenvalue weighted by Gasteiger charge is -2.20. The van der Waals surface area contributed by atoms with Crippen molar-refractivity contribution in [2.75, 3.05) is 27.4 Å². The van der Waals surface area contributed by atoms with Gasteiger partial charge in [-0.1, -0.05) is 6.07 Å². The predicted octanol–water partition coefficient (Wildman–Crippen LogP) is 3.17. The van der Waals surface area contributed by atoms with Gasteiger partial charge >= 0.3 is 0 Å². The third-order valence-corrected chi connectivity index (χ3v) is 3.00. The smallest absolute Gasteiger partial charge is 0.161 e. The molecule has 20 heavy (non-hydrogen) atoms. The van der Waals surface area contributed by atoms with E-state index in [2.05, 4.69) is 12.2 Å². The maximum atomic E-state index is 5.72. The van der Waals surface area contributed by atoms with E-state index < -0.39 is 0 Å².